The van der Waals surface area contributed by atoms with Gasteiger partial charge >= 0.3 is 0 Å². The fourth-order valence-corrected chi connectivity index (χ4v) is 4.74. The van der Waals surface area contributed by atoms with Crippen molar-refractivity contribution in [2.24, 2.45) is 4.99 Å². The molecule has 2 aliphatic heterocycles. The Balaban J connectivity index is 1.41. The molecule has 168 valence electrons. The predicted molar refractivity (Wildman–Crippen MR) is 119 cm³/mol. The molecule has 2 fully saturated rings. The molecule has 10 heteroatoms. The van der Waals surface area contributed by atoms with Crippen molar-refractivity contribution < 1.29 is 18.3 Å². The zero-order valence-corrected chi connectivity index (χ0v) is 18.4. The highest BCUT2D eigenvalue weighted by molar-refractivity contribution is 7.89. The number of phenolic OH excluding ortho intramolecular Hbond substituents is 1. The van der Waals surface area contributed by atoms with E-state index in [0.29, 0.717) is 19.1 Å². The van der Waals surface area contributed by atoms with Gasteiger partial charge in [-0.2, -0.15) is 0 Å². The molecule has 0 radical (unpaired) electrons. The Morgan fingerprint density at radius 1 is 1.23 bits per heavy atom. The van der Waals surface area contributed by atoms with Crippen molar-refractivity contribution in [2.75, 3.05) is 63.6 Å². The summed E-state index contributed by atoms with van der Waals surface area (Å²) >= 11 is 0. The van der Waals surface area contributed by atoms with Gasteiger partial charge in [0.25, 0.3) is 0 Å². The minimum atomic E-state index is -3.37. The maximum atomic E-state index is 12.3. The Labute approximate surface area is 179 Å². The third-order valence-electron chi connectivity index (χ3n) is 5.47. The van der Waals surface area contributed by atoms with Crippen LogP contribution in [0.2, 0.25) is 0 Å². The highest BCUT2D eigenvalue weighted by Crippen LogP contribution is 2.27. The summed E-state index contributed by atoms with van der Waals surface area (Å²) in [5.74, 6) is 0.957. The van der Waals surface area contributed by atoms with E-state index in [9.17, 15) is 13.5 Å². The van der Waals surface area contributed by atoms with Crippen LogP contribution in [0.4, 0.5) is 5.69 Å². The molecule has 0 amide bonds. The second-order valence-electron chi connectivity index (χ2n) is 7.59. The van der Waals surface area contributed by atoms with Crippen molar-refractivity contribution >= 4 is 21.7 Å². The van der Waals surface area contributed by atoms with Crippen LogP contribution in [0, 0.1) is 0 Å². The summed E-state index contributed by atoms with van der Waals surface area (Å²) in [5, 5.41) is 13.2. The van der Waals surface area contributed by atoms with E-state index in [-0.39, 0.29) is 24.2 Å². The number of piperazine rings is 1. The number of nitrogens with one attached hydrogen (secondary N) is 2. The van der Waals surface area contributed by atoms with Crippen LogP contribution in [0.15, 0.2) is 29.3 Å². The van der Waals surface area contributed by atoms with E-state index >= 15 is 0 Å². The van der Waals surface area contributed by atoms with Gasteiger partial charge in [-0.25, -0.2) is 13.1 Å². The number of guanidine groups is 1. The monoisotopic (exact) mass is 439 g/mol. The van der Waals surface area contributed by atoms with Gasteiger partial charge in [0.1, 0.15) is 5.75 Å². The number of aromatic hydroxyl groups is 1. The molecule has 2 aliphatic rings. The molecule has 0 spiro atoms. The molecule has 0 bridgehead atoms. The minimum Gasteiger partial charge on any atom is -0.506 e. The molecule has 2 saturated heterocycles. The molecule has 1 aromatic rings. The Morgan fingerprint density at radius 2 is 2.00 bits per heavy atom. The van der Waals surface area contributed by atoms with Gasteiger partial charge in [-0.3, -0.25) is 4.99 Å². The average molecular weight is 440 g/mol. The first kappa shape index (κ1) is 22.6. The maximum Gasteiger partial charge on any atom is 0.213 e. The lowest BCUT2D eigenvalue weighted by molar-refractivity contribution is 0.0200. The number of para-hydroxylation sites is 2. The highest BCUT2D eigenvalue weighted by Gasteiger charge is 2.22. The molecule has 3 rings (SSSR count). The Bertz CT molecular complexity index is 803. The van der Waals surface area contributed by atoms with Crippen LogP contribution in [0.5, 0.6) is 5.75 Å². The van der Waals surface area contributed by atoms with Crippen LogP contribution in [0.25, 0.3) is 0 Å². The number of nitrogens with zero attached hydrogens (tertiary/aromatic N) is 3. The molecule has 1 aromatic carbocycles. The lowest BCUT2D eigenvalue weighted by atomic mass is 10.1. The summed E-state index contributed by atoms with van der Waals surface area (Å²) < 4.78 is 32.7. The third kappa shape index (κ3) is 6.48. The van der Waals surface area contributed by atoms with Crippen molar-refractivity contribution in [3.8, 4) is 5.75 Å². The van der Waals surface area contributed by atoms with Gasteiger partial charge in [0.15, 0.2) is 5.96 Å². The molecule has 9 nitrogen and oxygen atoms in total. The fourth-order valence-electron chi connectivity index (χ4n) is 3.78. The topological polar surface area (TPSA) is 106 Å². The van der Waals surface area contributed by atoms with E-state index in [2.05, 4.69) is 24.8 Å². The largest absolute Gasteiger partial charge is 0.506 e. The van der Waals surface area contributed by atoms with E-state index in [1.807, 2.05) is 18.2 Å². The molecule has 2 heterocycles. The lowest BCUT2D eigenvalue weighted by Crippen LogP contribution is -2.53. The number of sulfonamides is 1. The van der Waals surface area contributed by atoms with E-state index in [1.54, 1.807) is 13.1 Å². The number of hydrogen-bond donors (Lipinski definition) is 3. The second kappa shape index (κ2) is 10.8. The minimum absolute atomic E-state index is 0.0173. The fraction of sp³-hybridized carbons (Fsp3) is 0.650. The van der Waals surface area contributed by atoms with Gasteiger partial charge in [-0.15, -0.1) is 0 Å². The first-order chi connectivity index (χ1) is 14.5. The van der Waals surface area contributed by atoms with Crippen LogP contribution < -0.4 is 14.9 Å². The maximum absolute atomic E-state index is 12.3. The van der Waals surface area contributed by atoms with Gasteiger partial charge in [0.2, 0.25) is 10.0 Å². The van der Waals surface area contributed by atoms with Crippen molar-refractivity contribution in [1.29, 1.82) is 0 Å². The smallest absolute Gasteiger partial charge is 0.213 e. The number of ether oxygens (including phenoxy) is 1. The van der Waals surface area contributed by atoms with Crippen molar-refractivity contribution in [3.05, 3.63) is 24.3 Å². The van der Waals surface area contributed by atoms with Crippen LogP contribution in [0.3, 0.4) is 0 Å². The quantitative estimate of drug-likeness (QED) is 0.421. The second-order valence-corrected chi connectivity index (χ2v) is 9.52. The molecular weight excluding hydrogens is 406 g/mol. The van der Waals surface area contributed by atoms with E-state index in [4.69, 9.17) is 4.74 Å². The number of phenols is 1. The highest BCUT2D eigenvalue weighted by atomic mass is 32.2. The Kier molecular flexibility index (Phi) is 8.17. The first-order valence-corrected chi connectivity index (χ1v) is 12.2. The number of rotatable bonds is 7. The van der Waals surface area contributed by atoms with Gasteiger partial charge in [-0.1, -0.05) is 12.1 Å². The normalized spacial score (nSPS) is 21.0. The molecule has 1 unspecified atom stereocenters. The van der Waals surface area contributed by atoms with E-state index in [0.717, 1.165) is 51.1 Å². The van der Waals surface area contributed by atoms with Crippen molar-refractivity contribution in [3.63, 3.8) is 0 Å². The third-order valence-corrected chi connectivity index (χ3v) is 6.82. The van der Waals surface area contributed by atoms with E-state index < -0.39 is 10.0 Å². The summed E-state index contributed by atoms with van der Waals surface area (Å²) in [4.78, 5) is 8.54. The van der Waals surface area contributed by atoms with Gasteiger partial charge < -0.3 is 25.0 Å². The average Bonchev–Trinajstić information content (AvgIpc) is 2.77. The number of anilines is 1. The van der Waals surface area contributed by atoms with Crippen molar-refractivity contribution in [1.82, 2.24) is 14.9 Å². The molecular formula is C20H33N5O4S. The number of hydrogen-bond acceptors (Lipinski definition) is 6. The summed E-state index contributed by atoms with van der Waals surface area (Å²) in [6.07, 6.45) is 3.02. The zero-order valence-electron chi connectivity index (χ0n) is 17.6. The van der Waals surface area contributed by atoms with Gasteiger partial charge in [0.05, 0.1) is 17.5 Å². The van der Waals surface area contributed by atoms with Crippen LogP contribution in [-0.2, 0) is 14.8 Å². The van der Waals surface area contributed by atoms with Crippen LogP contribution in [0.1, 0.15) is 19.3 Å². The first-order valence-electron chi connectivity index (χ1n) is 10.6. The molecule has 30 heavy (non-hydrogen) atoms. The Hall–Kier alpha value is -2.04. The summed E-state index contributed by atoms with van der Waals surface area (Å²) in [7, 11) is -1.67. The lowest BCUT2D eigenvalue weighted by Gasteiger charge is -2.37. The van der Waals surface area contributed by atoms with Crippen LogP contribution >= 0.6 is 0 Å². The molecule has 0 aliphatic carbocycles. The zero-order chi connectivity index (χ0) is 21.4. The summed E-state index contributed by atoms with van der Waals surface area (Å²) in [6.45, 7) is 4.30. The SMILES string of the molecule is CN=C(NCCS(=O)(=O)NCC1CCCCO1)N1CCN(c2ccccc2O)CC1. The standard InChI is InChI=1S/C20H33N5O4S/c1-21-20(22-9-15-30(27,28)23-16-17-6-4-5-14-29-17)25-12-10-24(11-13-25)18-7-2-3-8-19(18)26/h2-3,7-8,17,23,26H,4-6,9-16H2,1H3,(H,21,22). The molecule has 3 N–H and O–H groups in total. The van der Waals surface area contributed by atoms with E-state index in [1.165, 1.54) is 0 Å². The summed E-state index contributed by atoms with van der Waals surface area (Å²) in [6, 6.07) is 7.33. The molecule has 0 saturated carbocycles. The number of aliphatic imine (C=N–C) groups is 1. The van der Waals surface area contributed by atoms with Crippen LogP contribution in [-0.4, -0.2) is 89.2 Å². The predicted octanol–water partition coefficient (Wildman–Crippen LogP) is 0.578. The molecule has 1 atom stereocenters. The van der Waals surface area contributed by atoms with Crippen molar-refractivity contribution in [2.45, 2.75) is 25.4 Å². The number of benzene rings is 1. The Morgan fingerprint density at radius 3 is 2.67 bits per heavy atom. The van der Waals surface area contributed by atoms with Gasteiger partial charge in [0, 0.05) is 52.9 Å². The molecule has 0 aromatic heterocycles. The summed E-state index contributed by atoms with van der Waals surface area (Å²) in [5.41, 5.74) is 0.833. The van der Waals surface area contributed by atoms with Gasteiger partial charge in [-0.05, 0) is 31.4 Å².